The average molecular weight is 613 g/mol. The Balaban J connectivity index is 1.15. The summed E-state index contributed by atoms with van der Waals surface area (Å²) in [7, 11) is 0. The van der Waals surface area contributed by atoms with Crippen LogP contribution in [0.3, 0.4) is 0 Å². The van der Waals surface area contributed by atoms with E-state index in [0.29, 0.717) is 30.3 Å². The monoisotopic (exact) mass is 611 g/mol. The molecule has 0 saturated heterocycles. The Hall–Kier alpha value is -3.00. The predicted molar refractivity (Wildman–Crippen MR) is 155 cm³/mol. The number of hydrogen-bond acceptors (Lipinski definition) is 6. The normalized spacial score (nSPS) is 22.2. The zero-order valence-electron chi connectivity index (χ0n) is 23.1. The highest BCUT2D eigenvalue weighted by Gasteiger charge is 2.52. The fourth-order valence-corrected chi connectivity index (χ4v) is 6.37. The van der Waals surface area contributed by atoms with Crippen molar-refractivity contribution in [3.8, 4) is 0 Å². The molecule has 0 aliphatic heterocycles. The number of Topliss-reactive ketones (excluding diaryl/α,β-unsaturated/α-hetero) is 2. The first-order chi connectivity index (χ1) is 19.3. The molecule has 0 aromatic heterocycles. The molecular formula is C32H38BrNO6. The number of hydrogen-bond donors (Lipinski definition) is 1. The summed E-state index contributed by atoms with van der Waals surface area (Å²) in [6.07, 6.45) is 5.82. The number of esters is 1. The minimum atomic E-state index is -0.491. The smallest absolute Gasteiger partial charge is 0.407 e. The van der Waals surface area contributed by atoms with Crippen molar-refractivity contribution in [2.45, 2.75) is 70.3 Å². The van der Waals surface area contributed by atoms with E-state index in [1.54, 1.807) is 6.92 Å². The lowest BCUT2D eigenvalue weighted by molar-refractivity contribution is -0.156. The fraction of sp³-hybridized carbons (Fsp3) is 0.500. The van der Waals surface area contributed by atoms with Crippen LogP contribution in [0.4, 0.5) is 4.79 Å². The molecule has 0 spiro atoms. The molecule has 3 fully saturated rings. The molecule has 0 radical (unpaired) electrons. The molecule has 3 aliphatic carbocycles. The van der Waals surface area contributed by atoms with Crippen molar-refractivity contribution in [2.24, 2.45) is 11.3 Å². The number of alkyl carbamates (subject to hydrolysis) is 1. The first-order valence-electron chi connectivity index (χ1n) is 14.1. The van der Waals surface area contributed by atoms with Crippen molar-refractivity contribution in [3.05, 3.63) is 71.3 Å². The lowest BCUT2D eigenvalue weighted by Crippen LogP contribution is -2.49. The number of nitrogens with one attached hydrogen (secondary N) is 1. The highest BCUT2D eigenvalue weighted by Crippen LogP contribution is 2.58. The van der Waals surface area contributed by atoms with Gasteiger partial charge in [0, 0.05) is 17.5 Å². The molecule has 214 valence electrons. The van der Waals surface area contributed by atoms with Gasteiger partial charge in [-0.05, 0) is 67.9 Å². The van der Waals surface area contributed by atoms with Gasteiger partial charge in [-0.1, -0.05) is 77.5 Å². The number of ketones is 2. The molecule has 40 heavy (non-hydrogen) atoms. The summed E-state index contributed by atoms with van der Waals surface area (Å²) in [5.74, 6) is -0.643. The summed E-state index contributed by atoms with van der Waals surface area (Å²) in [4.78, 5) is 49.6. The molecule has 7 nitrogen and oxygen atoms in total. The summed E-state index contributed by atoms with van der Waals surface area (Å²) in [5.41, 5.74) is 2.53. The van der Waals surface area contributed by atoms with Crippen LogP contribution in [0.2, 0.25) is 0 Å². The Morgan fingerprint density at radius 3 is 2.17 bits per heavy atom. The first-order valence-corrected chi connectivity index (χ1v) is 15.2. The molecule has 2 aromatic rings. The molecule has 2 aromatic carbocycles. The molecule has 0 heterocycles. The molecule has 1 atom stereocenters. The van der Waals surface area contributed by atoms with E-state index in [-0.39, 0.29) is 42.1 Å². The quantitative estimate of drug-likeness (QED) is 0.123. The fourth-order valence-electron chi connectivity index (χ4n) is 6.05. The maximum atomic E-state index is 13.2. The van der Waals surface area contributed by atoms with Crippen LogP contribution >= 0.6 is 15.9 Å². The Morgan fingerprint density at radius 1 is 0.900 bits per heavy atom. The number of carbonyl (C=O) groups is 4. The molecule has 2 bridgehead atoms. The van der Waals surface area contributed by atoms with Crippen molar-refractivity contribution in [2.75, 3.05) is 18.5 Å². The van der Waals surface area contributed by atoms with Gasteiger partial charge in [0.1, 0.15) is 6.61 Å². The van der Waals surface area contributed by atoms with E-state index in [1.807, 2.05) is 42.5 Å². The highest BCUT2D eigenvalue weighted by molar-refractivity contribution is 9.09. The third-order valence-electron chi connectivity index (χ3n) is 8.82. The number of carbonyl (C=O) groups excluding carboxylic acids is 4. The number of fused-ring (bicyclic) bond motifs is 3. The molecule has 5 rings (SSSR count). The van der Waals surface area contributed by atoms with Crippen LogP contribution in [0.15, 0.2) is 54.6 Å². The second kappa shape index (κ2) is 13.6. The second-order valence-corrected chi connectivity index (χ2v) is 11.8. The van der Waals surface area contributed by atoms with Gasteiger partial charge in [0.15, 0.2) is 18.2 Å². The minimum Gasteiger partial charge on any atom is -0.457 e. The molecule has 1 amide bonds. The van der Waals surface area contributed by atoms with Crippen LogP contribution in [0.25, 0.3) is 0 Å². The maximum Gasteiger partial charge on any atom is 0.407 e. The van der Waals surface area contributed by atoms with Crippen LogP contribution in [0.5, 0.6) is 0 Å². The molecule has 3 saturated carbocycles. The molecule has 8 heteroatoms. The van der Waals surface area contributed by atoms with Gasteiger partial charge >= 0.3 is 12.1 Å². The SMILES string of the molecule is C[C@@H](CCCNC(=O)OCc1ccccc1)C(=O)OCC(=O)C12CCC(c3ccc(C(=O)CBr)cc3)(CC1)CC2. The van der Waals surface area contributed by atoms with E-state index in [0.717, 1.165) is 44.1 Å². The number of benzene rings is 2. The molecular weight excluding hydrogens is 574 g/mol. The van der Waals surface area contributed by atoms with Crippen LogP contribution in [0, 0.1) is 11.3 Å². The minimum absolute atomic E-state index is 0.0300. The Bertz CT molecular complexity index is 1170. The van der Waals surface area contributed by atoms with Crippen molar-refractivity contribution >= 4 is 39.6 Å². The number of alkyl halides is 1. The van der Waals surface area contributed by atoms with Gasteiger partial charge in [0.2, 0.25) is 0 Å². The topological polar surface area (TPSA) is 98.8 Å². The maximum absolute atomic E-state index is 13.2. The molecule has 1 N–H and O–H groups in total. The van der Waals surface area contributed by atoms with E-state index in [1.165, 1.54) is 5.56 Å². The van der Waals surface area contributed by atoms with Crippen molar-refractivity contribution in [1.29, 1.82) is 0 Å². The summed E-state index contributed by atoms with van der Waals surface area (Å²) >= 11 is 3.22. The summed E-state index contributed by atoms with van der Waals surface area (Å²) in [5, 5.41) is 3.01. The van der Waals surface area contributed by atoms with E-state index < -0.39 is 11.5 Å². The third-order valence-corrected chi connectivity index (χ3v) is 9.33. The van der Waals surface area contributed by atoms with Crippen LogP contribution in [0.1, 0.15) is 79.8 Å². The summed E-state index contributed by atoms with van der Waals surface area (Å²) < 4.78 is 10.6. The average Bonchev–Trinajstić information content (AvgIpc) is 3.01. The van der Waals surface area contributed by atoms with E-state index in [2.05, 4.69) is 33.4 Å². The number of amides is 1. The van der Waals surface area contributed by atoms with Crippen molar-refractivity contribution in [1.82, 2.24) is 5.32 Å². The zero-order chi connectivity index (χ0) is 28.6. The van der Waals surface area contributed by atoms with Gasteiger partial charge < -0.3 is 14.8 Å². The van der Waals surface area contributed by atoms with Gasteiger partial charge in [-0.25, -0.2) is 4.79 Å². The summed E-state index contributed by atoms with van der Waals surface area (Å²) in [6, 6.07) is 17.4. The lowest BCUT2D eigenvalue weighted by Gasteiger charge is -2.53. The Morgan fingerprint density at radius 2 is 1.55 bits per heavy atom. The van der Waals surface area contributed by atoms with E-state index in [9.17, 15) is 19.2 Å². The standard InChI is InChI=1S/C32H38BrNO6/c1-23(6-5-19-34-30(38)40-21-24-7-3-2-4-8-24)29(37)39-22-28(36)32-16-13-31(14-17-32,15-18-32)26-11-9-25(10-12-26)27(35)20-33/h2-4,7-12,23H,5-6,13-22H2,1H3,(H,34,38)/t23-,31?,32?/m0/s1. The van der Waals surface area contributed by atoms with Crippen molar-refractivity contribution < 1.29 is 28.7 Å². The third kappa shape index (κ3) is 7.19. The molecule has 3 aliphatic rings. The van der Waals surface area contributed by atoms with Gasteiger partial charge in [-0.3, -0.25) is 14.4 Å². The zero-order valence-corrected chi connectivity index (χ0v) is 24.7. The van der Waals surface area contributed by atoms with Gasteiger partial charge in [0.25, 0.3) is 0 Å². The van der Waals surface area contributed by atoms with E-state index in [4.69, 9.17) is 9.47 Å². The first kappa shape index (κ1) is 30.0. The Labute approximate surface area is 244 Å². The Kier molecular flexibility index (Phi) is 10.2. The highest BCUT2D eigenvalue weighted by atomic mass is 79.9. The van der Waals surface area contributed by atoms with Gasteiger partial charge in [-0.15, -0.1) is 0 Å². The van der Waals surface area contributed by atoms with E-state index >= 15 is 0 Å². The van der Waals surface area contributed by atoms with Crippen LogP contribution < -0.4 is 5.32 Å². The lowest BCUT2D eigenvalue weighted by atomic mass is 9.51. The number of rotatable bonds is 13. The summed E-state index contributed by atoms with van der Waals surface area (Å²) in [6.45, 7) is 2.21. The van der Waals surface area contributed by atoms with Crippen molar-refractivity contribution in [3.63, 3.8) is 0 Å². The van der Waals surface area contributed by atoms with Gasteiger partial charge in [0.05, 0.1) is 11.2 Å². The largest absolute Gasteiger partial charge is 0.457 e. The number of halogens is 1. The second-order valence-electron chi connectivity index (χ2n) is 11.3. The van der Waals surface area contributed by atoms with Crippen LogP contribution in [-0.4, -0.2) is 42.1 Å². The molecule has 0 unspecified atom stereocenters. The van der Waals surface area contributed by atoms with Crippen LogP contribution in [-0.2, 0) is 31.1 Å². The predicted octanol–water partition coefficient (Wildman–Crippen LogP) is 6.31. The van der Waals surface area contributed by atoms with Gasteiger partial charge in [-0.2, -0.15) is 0 Å². The number of ether oxygens (including phenoxy) is 2.